The van der Waals surface area contributed by atoms with Crippen LogP contribution in [0.25, 0.3) is 11.1 Å². The fourth-order valence-corrected chi connectivity index (χ4v) is 2.07. The van der Waals surface area contributed by atoms with Crippen molar-refractivity contribution in [3.8, 4) is 16.9 Å². The second kappa shape index (κ2) is 5.10. The third-order valence-corrected chi connectivity index (χ3v) is 2.94. The van der Waals surface area contributed by atoms with Gasteiger partial charge in [0.1, 0.15) is 11.6 Å². The molecule has 2 aromatic carbocycles. The van der Waals surface area contributed by atoms with Crippen molar-refractivity contribution in [2.45, 2.75) is 6.92 Å². The van der Waals surface area contributed by atoms with Crippen LogP contribution < -0.4 is 4.74 Å². The van der Waals surface area contributed by atoms with Crippen LogP contribution in [0, 0.1) is 12.7 Å². The molecule has 0 atom stereocenters. The number of carboxylic acid groups (broad SMARTS) is 1. The van der Waals surface area contributed by atoms with E-state index in [9.17, 15) is 14.3 Å². The van der Waals surface area contributed by atoms with Gasteiger partial charge in [-0.05, 0) is 30.7 Å². The van der Waals surface area contributed by atoms with Crippen LogP contribution in [0.2, 0.25) is 0 Å². The summed E-state index contributed by atoms with van der Waals surface area (Å²) in [6.45, 7) is 1.71. The highest BCUT2D eigenvalue weighted by molar-refractivity contribution is 5.98. The number of ether oxygens (including phenoxy) is 1. The van der Waals surface area contributed by atoms with Crippen LogP contribution in [0.5, 0.6) is 5.75 Å². The zero-order valence-corrected chi connectivity index (χ0v) is 10.6. The summed E-state index contributed by atoms with van der Waals surface area (Å²) in [5.41, 5.74) is 1.66. The summed E-state index contributed by atoms with van der Waals surface area (Å²) in [7, 11) is 1.47. The minimum atomic E-state index is -1.04. The molecule has 0 spiro atoms. The van der Waals surface area contributed by atoms with Crippen molar-refractivity contribution >= 4 is 5.97 Å². The average Bonchev–Trinajstić information content (AvgIpc) is 2.37. The summed E-state index contributed by atoms with van der Waals surface area (Å²) in [6, 6.07) is 9.13. The van der Waals surface area contributed by atoms with E-state index in [1.54, 1.807) is 25.1 Å². The van der Waals surface area contributed by atoms with E-state index in [1.807, 2.05) is 0 Å². The van der Waals surface area contributed by atoms with Gasteiger partial charge in [0, 0.05) is 11.1 Å². The molecule has 0 saturated carbocycles. The number of carbonyl (C=O) groups is 1. The zero-order valence-electron chi connectivity index (χ0n) is 10.6. The molecule has 0 aliphatic rings. The summed E-state index contributed by atoms with van der Waals surface area (Å²) in [4.78, 5) is 11.4. The van der Waals surface area contributed by atoms with Gasteiger partial charge in [0.2, 0.25) is 0 Å². The van der Waals surface area contributed by atoms with Crippen molar-refractivity contribution < 1.29 is 19.0 Å². The second-order valence-electron chi connectivity index (χ2n) is 4.15. The van der Waals surface area contributed by atoms with Gasteiger partial charge >= 0.3 is 5.97 Å². The van der Waals surface area contributed by atoms with Crippen molar-refractivity contribution in [2.75, 3.05) is 7.11 Å². The molecule has 98 valence electrons. The van der Waals surface area contributed by atoms with Gasteiger partial charge in [-0.2, -0.15) is 0 Å². The van der Waals surface area contributed by atoms with E-state index in [-0.39, 0.29) is 5.56 Å². The molecule has 2 aromatic rings. The highest BCUT2D eigenvalue weighted by Gasteiger charge is 2.17. The fraction of sp³-hybridized carbons (Fsp3) is 0.133. The van der Waals surface area contributed by atoms with Gasteiger partial charge in [0.05, 0.1) is 12.7 Å². The third-order valence-electron chi connectivity index (χ3n) is 2.94. The number of hydrogen-bond acceptors (Lipinski definition) is 2. The summed E-state index contributed by atoms with van der Waals surface area (Å²) in [5, 5.41) is 9.31. The van der Waals surface area contributed by atoms with E-state index < -0.39 is 11.8 Å². The number of hydrogen-bond donors (Lipinski definition) is 1. The first kappa shape index (κ1) is 13.1. The summed E-state index contributed by atoms with van der Waals surface area (Å²) >= 11 is 0. The topological polar surface area (TPSA) is 46.5 Å². The molecule has 0 fully saturated rings. The van der Waals surface area contributed by atoms with Gasteiger partial charge < -0.3 is 9.84 Å². The van der Waals surface area contributed by atoms with E-state index in [0.29, 0.717) is 22.4 Å². The number of aryl methyl sites for hydroxylation is 1. The van der Waals surface area contributed by atoms with Crippen molar-refractivity contribution in [2.24, 2.45) is 0 Å². The summed E-state index contributed by atoms with van der Waals surface area (Å²) in [5.74, 6) is -1.04. The Morgan fingerprint density at radius 1 is 1.21 bits per heavy atom. The molecule has 3 nitrogen and oxygen atoms in total. The van der Waals surface area contributed by atoms with Crippen LogP contribution in [-0.4, -0.2) is 18.2 Å². The number of halogens is 1. The Balaban J connectivity index is 2.75. The Bertz CT molecular complexity index is 635. The van der Waals surface area contributed by atoms with E-state index in [1.165, 1.54) is 25.3 Å². The standard InChI is InChI=1S/C15H13FO3/c1-9-4-3-5-11(14(9)15(17)18)12-8-10(16)6-7-13(12)19-2/h3-8H,1-2H3,(H,17,18). The Labute approximate surface area is 110 Å². The maximum Gasteiger partial charge on any atom is 0.336 e. The smallest absolute Gasteiger partial charge is 0.336 e. The van der Waals surface area contributed by atoms with Gasteiger partial charge in [-0.25, -0.2) is 9.18 Å². The number of carboxylic acids is 1. The van der Waals surface area contributed by atoms with Crippen molar-refractivity contribution in [3.63, 3.8) is 0 Å². The Morgan fingerprint density at radius 3 is 2.58 bits per heavy atom. The average molecular weight is 260 g/mol. The SMILES string of the molecule is COc1ccc(F)cc1-c1cccc(C)c1C(=O)O. The van der Waals surface area contributed by atoms with Crippen molar-refractivity contribution in [1.29, 1.82) is 0 Å². The molecule has 0 heterocycles. The third kappa shape index (κ3) is 2.42. The fourth-order valence-electron chi connectivity index (χ4n) is 2.07. The molecule has 19 heavy (non-hydrogen) atoms. The van der Waals surface area contributed by atoms with Gasteiger partial charge in [-0.15, -0.1) is 0 Å². The largest absolute Gasteiger partial charge is 0.496 e. The normalized spacial score (nSPS) is 10.3. The van der Waals surface area contributed by atoms with Crippen LogP contribution >= 0.6 is 0 Å². The highest BCUT2D eigenvalue weighted by Crippen LogP contribution is 2.34. The number of aromatic carboxylic acids is 1. The molecule has 0 amide bonds. The first-order chi connectivity index (χ1) is 9.04. The van der Waals surface area contributed by atoms with Crippen LogP contribution in [0.15, 0.2) is 36.4 Å². The van der Waals surface area contributed by atoms with Crippen LogP contribution in [-0.2, 0) is 0 Å². The molecule has 0 saturated heterocycles. The lowest BCUT2D eigenvalue weighted by Gasteiger charge is -2.12. The zero-order chi connectivity index (χ0) is 14.0. The maximum absolute atomic E-state index is 13.4. The van der Waals surface area contributed by atoms with Gasteiger partial charge in [-0.1, -0.05) is 18.2 Å². The van der Waals surface area contributed by atoms with Crippen molar-refractivity contribution in [3.05, 3.63) is 53.3 Å². The Hall–Kier alpha value is -2.36. The molecule has 0 unspecified atom stereocenters. The summed E-state index contributed by atoms with van der Waals surface area (Å²) in [6.07, 6.45) is 0. The quantitative estimate of drug-likeness (QED) is 0.918. The van der Waals surface area contributed by atoms with E-state index in [0.717, 1.165) is 0 Å². The van der Waals surface area contributed by atoms with E-state index in [4.69, 9.17) is 4.74 Å². The Morgan fingerprint density at radius 2 is 1.95 bits per heavy atom. The van der Waals surface area contributed by atoms with E-state index >= 15 is 0 Å². The first-order valence-corrected chi connectivity index (χ1v) is 5.71. The lowest BCUT2D eigenvalue weighted by molar-refractivity contribution is 0.0697. The molecule has 0 bridgehead atoms. The van der Waals surface area contributed by atoms with Crippen LogP contribution in [0.3, 0.4) is 0 Å². The molecule has 0 aliphatic carbocycles. The second-order valence-corrected chi connectivity index (χ2v) is 4.15. The number of methoxy groups -OCH3 is 1. The maximum atomic E-state index is 13.4. The first-order valence-electron chi connectivity index (χ1n) is 5.71. The highest BCUT2D eigenvalue weighted by atomic mass is 19.1. The molecule has 4 heteroatoms. The molecule has 0 radical (unpaired) electrons. The predicted octanol–water partition coefficient (Wildman–Crippen LogP) is 3.51. The van der Waals surface area contributed by atoms with E-state index in [2.05, 4.69) is 0 Å². The number of benzene rings is 2. The number of rotatable bonds is 3. The minimum absolute atomic E-state index is 0.159. The molecule has 0 aliphatic heterocycles. The van der Waals surface area contributed by atoms with Gasteiger partial charge in [-0.3, -0.25) is 0 Å². The van der Waals surface area contributed by atoms with Crippen molar-refractivity contribution in [1.82, 2.24) is 0 Å². The monoisotopic (exact) mass is 260 g/mol. The molecule has 1 N–H and O–H groups in total. The lowest BCUT2D eigenvalue weighted by atomic mass is 9.95. The molecular weight excluding hydrogens is 247 g/mol. The predicted molar refractivity (Wildman–Crippen MR) is 70.1 cm³/mol. The molecular formula is C15H13FO3. The minimum Gasteiger partial charge on any atom is -0.496 e. The molecule has 0 aromatic heterocycles. The Kier molecular flexibility index (Phi) is 3.51. The lowest BCUT2D eigenvalue weighted by Crippen LogP contribution is -2.03. The van der Waals surface area contributed by atoms with Gasteiger partial charge in [0.15, 0.2) is 0 Å². The summed E-state index contributed by atoms with van der Waals surface area (Å²) < 4.78 is 18.6. The van der Waals surface area contributed by atoms with Gasteiger partial charge in [0.25, 0.3) is 0 Å². The van der Waals surface area contributed by atoms with Crippen LogP contribution in [0.1, 0.15) is 15.9 Å². The van der Waals surface area contributed by atoms with Crippen LogP contribution in [0.4, 0.5) is 4.39 Å². The molecule has 2 rings (SSSR count).